The molecule has 0 N–H and O–H groups in total. The average Bonchev–Trinajstić information content (AvgIpc) is 2.66. The van der Waals surface area contributed by atoms with E-state index < -0.39 is 4.92 Å². The van der Waals surface area contributed by atoms with Gasteiger partial charge in [0, 0.05) is 24.5 Å². The summed E-state index contributed by atoms with van der Waals surface area (Å²) in [5.41, 5.74) is 2.56. The highest BCUT2D eigenvalue weighted by molar-refractivity contribution is 6.18. The number of ether oxygens (including phenoxy) is 1. The van der Waals surface area contributed by atoms with Gasteiger partial charge in [-0.15, -0.1) is 12.4 Å². The van der Waals surface area contributed by atoms with Crippen LogP contribution in [-0.2, 0) is 0 Å². The van der Waals surface area contributed by atoms with Crippen molar-refractivity contribution in [3.05, 3.63) is 40.4 Å². The molecule has 0 amide bonds. The zero-order valence-corrected chi connectivity index (χ0v) is 16.6. The molecule has 9 heteroatoms. The number of halogens is 1. The number of hydrogen-bond acceptors (Lipinski definition) is 7. The zero-order chi connectivity index (χ0) is 19.1. The van der Waals surface area contributed by atoms with Gasteiger partial charge in [0.1, 0.15) is 5.75 Å². The van der Waals surface area contributed by atoms with E-state index in [0.29, 0.717) is 27.9 Å². The van der Waals surface area contributed by atoms with Gasteiger partial charge in [-0.1, -0.05) is 0 Å². The second-order valence-electron chi connectivity index (χ2n) is 6.67. The van der Waals surface area contributed by atoms with Gasteiger partial charge in [-0.2, -0.15) is 0 Å². The van der Waals surface area contributed by atoms with Crippen molar-refractivity contribution in [3.8, 4) is 5.75 Å². The summed E-state index contributed by atoms with van der Waals surface area (Å²) in [5, 5.41) is 13.1. The van der Waals surface area contributed by atoms with E-state index in [-0.39, 0.29) is 18.1 Å². The smallest absolute Gasteiger partial charge is 0.295 e. The normalized spacial score (nSPS) is 12.5. The Kier molecular flexibility index (Phi) is 5.35. The van der Waals surface area contributed by atoms with Gasteiger partial charge in [-0.05, 0) is 38.4 Å². The molecule has 0 saturated carbocycles. The number of nitrogens with zero attached hydrogens (tertiary/aromatic N) is 5. The van der Waals surface area contributed by atoms with E-state index in [0.717, 1.165) is 24.2 Å². The summed E-state index contributed by atoms with van der Waals surface area (Å²) in [6.07, 6.45) is 1.78. The highest BCUT2D eigenvalue weighted by atomic mass is 35.5. The van der Waals surface area contributed by atoms with Crippen molar-refractivity contribution >= 4 is 57.6 Å². The Bertz CT molecular complexity index is 1100. The van der Waals surface area contributed by atoms with Crippen LogP contribution in [0.5, 0.6) is 5.75 Å². The van der Waals surface area contributed by atoms with E-state index >= 15 is 0 Å². The fraction of sp³-hybridized carbons (Fsp3) is 0.263. The van der Waals surface area contributed by atoms with E-state index in [2.05, 4.69) is 14.9 Å². The van der Waals surface area contributed by atoms with E-state index in [1.807, 2.05) is 25.1 Å². The van der Waals surface area contributed by atoms with Gasteiger partial charge in [-0.25, -0.2) is 9.98 Å². The minimum atomic E-state index is -0.395. The molecule has 2 aromatic carbocycles. The molecule has 28 heavy (non-hydrogen) atoms. The summed E-state index contributed by atoms with van der Waals surface area (Å²) >= 11 is 0. The molecular weight excluding hydrogens is 382 g/mol. The Hall–Kier alpha value is -2.97. The van der Waals surface area contributed by atoms with Crippen LogP contribution in [0.15, 0.2) is 35.3 Å². The van der Waals surface area contributed by atoms with E-state index in [1.54, 1.807) is 31.6 Å². The molecule has 0 spiro atoms. The highest BCUT2D eigenvalue weighted by Gasteiger charge is 2.25. The molecule has 0 unspecified atom stereocenters. The first kappa shape index (κ1) is 19.8. The SMILES string of the molecule is COc1ccc2nc3c([N+](=O)[O-])ccc4c3c(c2c1)N=CN4CCN(C)C.Cl. The quantitative estimate of drug-likeness (QED) is 0.367. The molecular formula is C19H20ClN5O3. The molecule has 0 fully saturated rings. The summed E-state index contributed by atoms with van der Waals surface area (Å²) in [5.74, 6) is 0.692. The maximum atomic E-state index is 11.6. The number of likely N-dealkylation sites (N-methyl/N-ethyl adjacent to an activating group) is 1. The van der Waals surface area contributed by atoms with Crippen LogP contribution in [0, 0.1) is 10.1 Å². The summed E-state index contributed by atoms with van der Waals surface area (Å²) in [4.78, 5) is 24.5. The number of hydrogen-bond donors (Lipinski definition) is 0. The fourth-order valence-corrected chi connectivity index (χ4v) is 3.30. The van der Waals surface area contributed by atoms with Crippen LogP contribution < -0.4 is 9.64 Å². The number of nitro groups is 1. The molecule has 0 bridgehead atoms. The number of benzene rings is 2. The lowest BCUT2D eigenvalue weighted by atomic mass is 10.0. The van der Waals surface area contributed by atoms with Gasteiger partial charge >= 0.3 is 0 Å². The second kappa shape index (κ2) is 7.57. The number of fused-ring (bicyclic) bond motifs is 2. The summed E-state index contributed by atoms with van der Waals surface area (Å²) in [7, 11) is 5.60. The third-order valence-electron chi connectivity index (χ3n) is 4.68. The first-order chi connectivity index (χ1) is 13.0. The average molecular weight is 402 g/mol. The number of pyridine rings is 1. The third kappa shape index (κ3) is 3.21. The molecule has 1 aromatic heterocycles. The minimum Gasteiger partial charge on any atom is -0.497 e. The topological polar surface area (TPSA) is 84.1 Å². The molecule has 146 valence electrons. The Balaban J connectivity index is 0.00000225. The molecule has 0 saturated heterocycles. The van der Waals surface area contributed by atoms with Crippen molar-refractivity contribution in [1.29, 1.82) is 0 Å². The lowest BCUT2D eigenvalue weighted by molar-refractivity contribution is -0.383. The Morgan fingerprint density at radius 2 is 2.04 bits per heavy atom. The maximum Gasteiger partial charge on any atom is 0.295 e. The van der Waals surface area contributed by atoms with Crippen LogP contribution in [0.4, 0.5) is 17.1 Å². The molecule has 8 nitrogen and oxygen atoms in total. The van der Waals surface area contributed by atoms with Crippen molar-refractivity contribution in [1.82, 2.24) is 9.88 Å². The van der Waals surface area contributed by atoms with Crippen LogP contribution in [0.2, 0.25) is 0 Å². The Labute approximate surface area is 168 Å². The minimum absolute atomic E-state index is 0. The second-order valence-corrected chi connectivity index (χ2v) is 6.67. The molecule has 1 aliphatic heterocycles. The number of anilines is 1. The lowest BCUT2D eigenvalue weighted by Crippen LogP contribution is -2.31. The highest BCUT2D eigenvalue weighted by Crippen LogP contribution is 2.44. The van der Waals surface area contributed by atoms with Crippen LogP contribution in [-0.4, -0.2) is 55.4 Å². The largest absolute Gasteiger partial charge is 0.497 e. The number of rotatable bonds is 5. The van der Waals surface area contributed by atoms with Crippen LogP contribution in [0.25, 0.3) is 21.8 Å². The fourth-order valence-electron chi connectivity index (χ4n) is 3.30. The number of aromatic nitrogens is 1. The van der Waals surface area contributed by atoms with Gasteiger partial charge in [0.2, 0.25) is 0 Å². The number of non-ortho nitro benzene ring substituents is 1. The predicted octanol–water partition coefficient (Wildman–Crippen LogP) is 3.77. The standard InChI is InChI=1S/C19H19N5O3.ClH/c1-22(2)8-9-23-11-20-18-13-10-12(27-3)4-5-14(13)21-19-16(24(25)26)7-6-15(23)17(18)19;/h4-7,10-11H,8-9H2,1-3H3;1H. The van der Waals surface area contributed by atoms with Gasteiger partial charge in [0.15, 0.2) is 5.52 Å². The molecule has 1 aliphatic rings. The Morgan fingerprint density at radius 1 is 1.25 bits per heavy atom. The van der Waals surface area contributed by atoms with E-state index in [9.17, 15) is 10.1 Å². The van der Waals surface area contributed by atoms with Gasteiger partial charge in [0.25, 0.3) is 5.69 Å². The summed E-state index contributed by atoms with van der Waals surface area (Å²) < 4.78 is 5.33. The number of aliphatic imine (C=N–C) groups is 1. The maximum absolute atomic E-state index is 11.6. The third-order valence-corrected chi connectivity index (χ3v) is 4.68. The van der Waals surface area contributed by atoms with E-state index in [4.69, 9.17) is 4.74 Å². The van der Waals surface area contributed by atoms with Gasteiger partial charge in [0.05, 0.1) is 40.6 Å². The van der Waals surface area contributed by atoms with Crippen molar-refractivity contribution in [2.24, 2.45) is 4.99 Å². The zero-order valence-electron chi connectivity index (χ0n) is 15.7. The van der Waals surface area contributed by atoms with Crippen LogP contribution >= 0.6 is 12.4 Å². The monoisotopic (exact) mass is 401 g/mol. The summed E-state index contributed by atoms with van der Waals surface area (Å²) in [6.45, 7) is 1.55. The van der Waals surface area contributed by atoms with Crippen molar-refractivity contribution < 1.29 is 9.66 Å². The molecule has 3 aromatic rings. The molecule has 0 radical (unpaired) electrons. The molecule has 2 heterocycles. The number of methoxy groups -OCH3 is 1. The van der Waals surface area contributed by atoms with Gasteiger partial charge < -0.3 is 14.5 Å². The van der Waals surface area contributed by atoms with Gasteiger partial charge in [-0.3, -0.25) is 10.1 Å². The first-order valence-corrected chi connectivity index (χ1v) is 8.54. The van der Waals surface area contributed by atoms with E-state index in [1.165, 1.54) is 6.07 Å². The number of nitro benzene ring substituents is 1. The first-order valence-electron chi connectivity index (χ1n) is 8.54. The summed E-state index contributed by atoms with van der Waals surface area (Å²) in [6, 6.07) is 8.75. The Morgan fingerprint density at radius 3 is 2.71 bits per heavy atom. The molecule has 4 rings (SSSR count). The molecule has 0 aliphatic carbocycles. The predicted molar refractivity (Wildman–Crippen MR) is 114 cm³/mol. The van der Waals surface area contributed by atoms with Crippen molar-refractivity contribution in [2.75, 3.05) is 39.2 Å². The van der Waals surface area contributed by atoms with Crippen LogP contribution in [0.1, 0.15) is 0 Å². The van der Waals surface area contributed by atoms with Crippen molar-refractivity contribution in [3.63, 3.8) is 0 Å². The van der Waals surface area contributed by atoms with Crippen molar-refractivity contribution in [2.45, 2.75) is 0 Å². The lowest BCUT2D eigenvalue weighted by Gasteiger charge is -2.27. The van der Waals surface area contributed by atoms with Crippen LogP contribution in [0.3, 0.4) is 0 Å². The molecule has 0 atom stereocenters.